The molecule has 2 heterocycles. The molecule has 0 aromatic carbocycles. The van der Waals surface area contributed by atoms with Crippen molar-refractivity contribution in [1.29, 1.82) is 0 Å². The van der Waals surface area contributed by atoms with Crippen LogP contribution in [0, 0.1) is 0 Å². The first kappa shape index (κ1) is 11.4. The van der Waals surface area contributed by atoms with Crippen molar-refractivity contribution < 1.29 is 0 Å². The van der Waals surface area contributed by atoms with Gasteiger partial charge in [0.2, 0.25) is 0 Å². The van der Waals surface area contributed by atoms with Gasteiger partial charge in [-0.2, -0.15) is 0 Å². The number of fused-ring (bicyclic) bond motifs is 1. The highest BCUT2D eigenvalue weighted by Crippen LogP contribution is 2.07. The second kappa shape index (κ2) is 4.85. The highest BCUT2D eigenvalue weighted by Gasteiger charge is 2.06. The third-order valence-electron chi connectivity index (χ3n) is 2.41. The monoisotopic (exact) mass is 237 g/mol. The van der Waals surface area contributed by atoms with E-state index in [0.29, 0.717) is 0 Å². The number of hydrogen-bond acceptors (Lipinski definition) is 2. The van der Waals surface area contributed by atoms with Gasteiger partial charge in [-0.1, -0.05) is 6.07 Å². The minimum atomic E-state index is 0.169. The maximum atomic E-state index is 5.95. The zero-order chi connectivity index (χ0) is 11.5. The third kappa shape index (κ3) is 2.74. The number of rotatable bonds is 4. The van der Waals surface area contributed by atoms with Gasteiger partial charge in [0.25, 0.3) is 0 Å². The molecule has 0 bridgehead atoms. The van der Waals surface area contributed by atoms with Gasteiger partial charge in [-0.05, 0) is 26.1 Å². The number of pyridine rings is 1. The summed E-state index contributed by atoms with van der Waals surface area (Å²) in [6.45, 7) is 3.70. The fraction of sp³-hybridized carbons (Fsp3) is 0.417. The number of alkyl halides is 1. The predicted octanol–water partition coefficient (Wildman–Crippen LogP) is 2.39. The molecule has 0 radical (unpaired) electrons. The molecule has 0 saturated carbocycles. The molecule has 16 heavy (non-hydrogen) atoms. The van der Waals surface area contributed by atoms with E-state index in [1.165, 1.54) is 0 Å². The molecule has 0 spiro atoms. The quantitative estimate of drug-likeness (QED) is 0.762. The second-order valence-corrected chi connectivity index (χ2v) is 4.92. The van der Waals surface area contributed by atoms with Gasteiger partial charge in [0, 0.05) is 30.9 Å². The van der Waals surface area contributed by atoms with Gasteiger partial charge in [0.1, 0.15) is 5.65 Å². The van der Waals surface area contributed by atoms with Crippen molar-refractivity contribution >= 4 is 17.2 Å². The summed E-state index contributed by atoms with van der Waals surface area (Å²) in [5.74, 6) is 0. The highest BCUT2D eigenvalue weighted by molar-refractivity contribution is 6.20. The SMILES string of the molecule is CC(Cl)CN(C)Cc1cn2ccccc2n1. The molecular weight excluding hydrogens is 222 g/mol. The fourth-order valence-electron chi connectivity index (χ4n) is 1.83. The average Bonchev–Trinajstić information content (AvgIpc) is 2.57. The highest BCUT2D eigenvalue weighted by atomic mass is 35.5. The standard InChI is InChI=1S/C12H16ClN3/c1-10(13)7-15(2)8-11-9-16-6-4-3-5-12(16)14-11/h3-6,9-10H,7-8H2,1-2H3. The summed E-state index contributed by atoms with van der Waals surface area (Å²) in [5, 5.41) is 0.169. The van der Waals surface area contributed by atoms with Crippen molar-refractivity contribution in [3.8, 4) is 0 Å². The van der Waals surface area contributed by atoms with E-state index < -0.39 is 0 Å². The first-order valence-electron chi connectivity index (χ1n) is 5.40. The Balaban J connectivity index is 2.09. The van der Waals surface area contributed by atoms with Gasteiger partial charge in [-0.3, -0.25) is 4.90 Å². The summed E-state index contributed by atoms with van der Waals surface area (Å²) in [6.07, 6.45) is 4.07. The summed E-state index contributed by atoms with van der Waals surface area (Å²) < 4.78 is 2.04. The maximum absolute atomic E-state index is 5.95. The molecule has 1 unspecified atom stereocenters. The first-order chi connectivity index (χ1) is 7.65. The van der Waals surface area contributed by atoms with E-state index in [1.807, 2.05) is 35.7 Å². The Bertz CT molecular complexity index is 431. The number of aromatic nitrogens is 2. The fourth-order valence-corrected chi connectivity index (χ4v) is 2.07. The van der Waals surface area contributed by atoms with Gasteiger partial charge >= 0.3 is 0 Å². The Morgan fingerprint density at radius 1 is 1.50 bits per heavy atom. The van der Waals surface area contributed by atoms with Crippen LogP contribution in [0.25, 0.3) is 5.65 Å². The molecule has 3 nitrogen and oxygen atoms in total. The van der Waals surface area contributed by atoms with E-state index in [-0.39, 0.29) is 5.38 Å². The van der Waals surface area contributed by atoms with E-state index in [9.17, 15) is 0 Å². The minimum absolute atomic E-state index is 0.169. The van der Waals surface area contributed by atoms with Crippen LogP contribution in [0.3, 0.4) is 0 Å². The summed E-state index contributed by atoms with van der Waals surface area (Å²) in [4.78, 5) is 6.72. The zero-order valence-corrected chi connectivity index (χ0v) is 10.4. The Kier molecular flexibility index (Phi) is 3.46. The van der Waals surface area contributed by atoms with E-state index in [4.69, 9.17) is 11.6 Å². The molecule has 0 aliphatic carbocycles. The van der Waals surface area contributed by atoms with Crippen molar-refractivity contribution in [2.24, 2.45) is 0 Å². The van der Waals surface area contributed by atoms with Crippen LogP contribution in [0.4, 0.5) is 0 Å². The molecule has 1 atom stereocenters. The molecule has 4 heteroatoms. The van der Waals surface area contributed by atoms with E-state index >= 15 is 0 Å². The Morgan fingerprint density at radius 3 is 3.00 bits per heavy atom. The maximum Gasteiger partial charge on any atom is 0.137 e. The van der Waals surface area contributed by atoms with Crippen LogP contribution in [0.5, 0.6) is 0 Å². The lowest BCUT2D eigenvalue weighted by Crippen LogP contribution is -2.24. The van der Waals surface area contributed by atoms with E-state index in [2.05, 4.69) is 23.1 Å². The summed E-state index contributed by atoms with van der Waals surface area (Å²) in [6, 6.07) is 6.01. The van der Waals surface area contributed by atoms with Crippen molar-refractivity contribution in [3.05, 3.63) is 36.3 Å². The van der Waals surface area contributed by atoms with Gasteiger partial charge < -0.3 is 4.40 Å². The van der Waals surface area contributed by atoms with Crippen LogP contribution in [0.1, 0.15) is 12.6 Å². The van der Waals surface area contributed by atoms with Gasteiger partial charge in [0.15, 0.2) is 0 Å². The lowest BCUT2D eigenvalue weighted by molar-refractivity contribution is 0.326. The predicted molar refractivity (Wildman–Crippen MR) is 66.8 cm³/mol. The molecule has 2 aromatic rings. The average molecular weight is 238 g/mol. The molecule has 0 aliphatic heterocycles. The number of hydrogen-bond donors (Lipinski definition) is 0. The van der Waals surface area contributed by atoms with Crippen LogP contribution in [-0.4, -0.2) is 33.3 Å². The molecule has 0 saturated heterocycles. The number of imidazole rings is 1. The topological polar surface area (TPSA) is 20.5 Å². The molecule has 0 N–H and O–H groups in total. The lowest BCUT2D eigenvalue weighted by Gasteiger charge is -2.16. The van der Waals surface area contributed by atoms with Gasteiger partial charge in [0.05, 0.1) is 5.69 Å². The Labute approximate surface area is 101 Å². The molecular formula is C12H16ClN3. The van der Waals surface area contributed by atoms with Crippen LogP contribution in [-0.2, 0) is 6.54 Å². The Hall–Kier alpha value is -1.06. The normalized spacial score (nSPS) is 13.5. The van der Waals surface area contributed by atoms with Crippen molar-refractivity contribution in [2.75, 3.05) is 13.6 Å². The van der Waals surface area contributed by atoms with Crippen molar-refractivity contribution in [2.45, 2.75) is 18.8 Å². The van der Waals surface area contributed by atoms with E-state index in [0.717, 1.165) is 24.4 Å². The van der Waals surface area contributed by atoms with Gasteiger partial charge in [-0.15, -0.1) is 11.6 Å². The number of nitrogens with zero attached hydrogens (tertiary/aromatic N) is 3. The van der Waals surface area contributed by atoms with Crippen LogP contribution in [0.2, 0.25) is 0 Å². The van der Waals surface area contributed by atoms with E-state index in [1.54, 1.807) is 0 Å². The van der Waals surface area contributed by atoms with Crippen LogP contribution >= 0.6 is 11.6 Å². The molecule has 2 aromatic heterocycles. The van der Waals surface area contributed by atoms with Gasteiger partial charge in [-0.25, -0.2) is 4.98 Å². The second-order valence-electron chi connectivity index (χ2n) is 4.18. The minimum Gasteiger partial charge on any atom is -0.307 e. The molecule has 0 amide bonds. The lowest BCUT2D eigenvalue weighted by atomic mass is 10.4. The summed E-state index contributed by atoms with van der Waals surface area (Å²) >= 11 is 5.95. The molecule has 0 aliphatic rings. The third-order valence-corrected chi connectivity index (χ3v) is 2.55. The van der Waals surface area contributed by atoms with Crippen LogP contribution < -0.4 is 0 Å². The largest absolute Gasteiger partial charge is 0.307 e. The molecule has 0 fully saturated rings. The van der Waals surface area contributed by atoms with Crippen LogP contribution in [0.15, 0.2) is 30.6 Å². The van der Waals surface area contributed by atoms with Crippen molar-refractivity contribution in [3.63, 3.8) is 0 Å². The zero-order valence-electron chi connectivity index (χ0n) is 9.60. The smallest absolute Gasteiger partial charge is 0.137 e. The summed E-state index contributed by atoms with van der Waals surface area (Å²) in [7, 11) is 2.06. The molecule has 86 valence electrons. The van der Waals surface area contributed by atoms with Crippen molar-refractivity contribution in [1.82, 2.24) is 14.3 Å². The Morgan fingerprint density at radius 2 is 2.31 bits per heavy atom. The summed E-state index contributed by atoms with van der Waals surface area (Å²) in [5.41, 5.74) is 2.07. The molecule has 2 rings (SSSR count). The number of halogens is 1. The first-order valence-corrected chi connectivity index (χ1v) is 5.84.